The lowest BCUT2D eigenvalue weighted by Gasteiger charge is -2.07. The number of hydrogen-bond acceptors (Lipinski definition) is 3. The number of hydrogen-bond donors (Lipinski definition) is 2. The maximum Gasteiger partial charge on any atom is 0.0654 e. The number of anilines is 1. The second-order valence-corrected chi connectivity index (χ2v) is 3.95. The third-order valence-electron chi connectivity index (χ3n) is 1.68. The largest absolute Gasteiger partial charge is 0.398 e. The molecule has 3 N–H and O–H groups in total. The molecule has 1 aromatic carbocycles. The lowest BCUT2D eigenvalue weighted by atomic mass is 10.2. The molecular weight excluding hydrogens is 180 g/mol. The van der Waals surface area contributed by atoms with Crippen molar-refractivity contribution in [1.29, 1.82) is 0 Å². The van der Waals surface area contributed by atoms with Crippen LogP contribution in [0.4, 0.5) is 5.69 Å². The van der Waals surface area contributed by atoms with Gasteiger partial charge in [-0.25, -0.2) is 0 Å². The van der Waals surface area contributed by atoms with Crippen LogP contribution in [0.3, 0.4) is 0 Å². The van der Waals surface area contributed by atoms with Gasteiger partial charge in [0.25, 0.3) is 0 Å². The quantitative estimate of drug-likeness (QED) is 0.573. The molecule has 0 amide bonds. The van der Waals surface area contributed by atoms with Crippen LogP contribution in [0.5, 0.6) is 0 Å². The molecule has 3 heteroatoms. The third-order valence-corrected chi connectivity index (χ3v) is 2.71. The first-order valence-corrected chi connectivity index (χ1v) is 4.86. The topological polar surface area (TPSA) is 38.0 Å². The molecule has 0 bridgehead atoms. The highest BCUT2D eigenvalue weighted by Gasteiger charge is 2.01. The molecule has 0 radical (unpaired) electrons. The van der Waals surface area contributed by atoms with Gasteiger partial charge in [-0.15, -0.1) is 0 Å². The minimum Gasteiger partial charge on any atom is -0.398 e. The molecule has 1 aromatic rings. The molecule has 0 unspecified atom stereocenters. The Morgan fingerprint density at radius 2 is 2.23 bits per heavy atom. The molecule has 0 aliphatic rings. The van der Waals surface area contributed by atoms with Crippen LogP contribution in [0.2, 0.25) is 0 Å². The molecule has 0 atom stereocenters. The van der Waals surface area contributed by atoms with Crippen molar-refractivity contribution in [2.24, 2.45) is 0 Å². The van der Waals surface area contributed by atoms with Crippen molar-refractivity contribution in [3.63, 3.8) is 0 Å². The van der Waals surface area contributed by atoms with Crippen LogP contribution in [-0.2, 0) is 0 Å². The van der Waals surface area contributed by atoms with Gasteiger partial charge in [-0.3, -0.25) is 0 Å². The maximum absolute atomic E-state index is 5.80. The summed E-state index contributed by atoms with van der Waals surface area (Å²) in [6.07, 6.45) is 0. The predicted octanol–water partition coefficient (Wildman–Crippen LogP) is 2.36. The average Bonchev–Trinajstić information content (AvgIpc) is 2.11. The fourth-order valence-corrected chi connectivity index (χ4v) is 1.71. The number of benzene rings is 1. The minimum atomic E-state index is 0.798. The van der Waals surface area contributed by atoms with E-state index < -0.39 is 0 Å². The van der Waals surface area contributed by atoms with Gasteiger partial charge in [0.05, 0.1) is 5.03 Å². The predicted molar refractivity (Wildman–Crippen MR) is 59.6 cm³/mol. The first-order chi connectivity index (χ1) is 6.13. The second kappa shape index (κ2) is 4.23. The highest BCUT2D eigenvalue weighted by molar-refractivity contribution is 8.03. The highest BCUT2D eigenvalue weighted by Crippen LogP contribution is 2.29. The van der Waals surface area contributed by atoms with Gasteiger partial charge in [0.2, 0.25) is 0 Å². The van der Waals surface area contributed by atoms with E-state index in [0.717, 1.165) is 15.6 Å². The molecule has 0 aliphatic heterocycles. The van der Waals surface area contributed by atoms with E-state index in [1.807, 2.05) is 26.1 Å². The molecule has 0 aliphatic carbocycles. The average molecular weight is 194 g/mol. The fourth-order valence-electron chi connectivity index (χ4n) is 0.914. The van der Waals surface area contributed by atoms with E-state index in [2.05, 4.69) is 18.0 Å². The number of thioether (sulfide) groups is 1. The lowest BCUT2D eigenvalue weighted by Crippen LogP contribution is -2.00. The smallest absolute Gasteiger partial charge is 0.0654 e. The zero-order valence-electron chi connectivity index (χ0n) is 7.92. The first-order valence-electron chi connectivity index (χ1n) is 4.04. The number of nitrogens with two attached hydrogens (primary N) is 1. The SMILES string of the molecule is C=C(NC)Sc1cc(C)ccc1N. The van der Waals surface area contributed by atoms with Crippen LogP contribution in [0.25, 0.3) is 0 Å². The summed E-state index contributed by atoms with van der Waals surface area (Å²) < 4.78 is 0. The van der Waals surface area contributed by atoms with Crippen molar-refractivity contribution in [2.45, 2.75) is 11.8 Å². The highest BCUT2D eigenvalue weighted by atomic mass is 32.2. The second-order valence-electron chi connectivity index (χ2n) is 2.82. The van der Waals surface area contributed by atoms with Crippen molar-refractivity contribution in [1.82, 2.24) is 5.32 Å². The van der Waals surface area contributed by atoms with Crippen LogP contribution >= 0.6 is 11.8 Å². The Labute approximate surface area is 83.2 Å². The van der Waals surface area contributed by atoms with Gasteiger partial charge in [0, 0.05) is 17.6 Å². The molecule has 0 heterocycles. The number of rotatable bonds is 3. The molecule has 1 rings (SSSR count). The van der Waals surface area contributed by atoms with E-state index in [4.69, 9.17) is 5.73 Å². The maximum atomic E-state index is 5.80. The molecule has 0 saturated carbocycles. The third kappa shape index (κ3) is 2.70. The Balaban J connectivity index is 2.87. The monoisotopic (exact) mass is 194 g/mol. The summed E-state index contributed by atoms with van der Waals surface area (Å²) in [6.45, 7) is 5.88. The molecule has 70 valence electrons. The standard InChI is InChI=1S/C10H14N2S/c1-7-4-5-9(11)10(6-7)13-8(2)12-3/h4-6,12H,2,11H2,1,3H3. The Hall–Kier alpha value is -1.09. The van der Waals surface area contributed by atoms with Crippen LogP contribution in [-0.4, -0.2) is 7.05 Å². The summed E-state index contributed by atoms with van der Waals surface area (Å²) in [5, 5.41) is 3.87. The van der Waals surface area contributed by atoms with Gasteiger partial charge in [-0.1, -0.05) is 24.4 Å². The van der Waals surface area contributed by atoms with Gasteiger partial charge in [0.15, 0.2) is 0 Å². The Kier molecular flexibility index (Phi) is 3.25. The van der Waals surface area contributed by atoms with Crippen LogP contribution < -0.4 is 11.1 Å². The van der Waals surface area contributed by atoms with E-state index in [0.29, 0.717) is 0 Å². The van der Waals surface area contributed by atoms with E-state index in [-0.39, 0.29) is 0 Å². The summed E-state index contributed by atoms with van der Waals surface area (Å²) in [4.78, 5) is 1.05. The van der Waals surface area contributed by atoms with E-state index in [9.17, 15) is 0 Å². The van der Waals surface area contributed by atoms with Crippen molar-refractivity contribution in [3.05, 3.63) is 35.4 Å². The van der Waals surface area contributed by atoms with Gasteiger partial charge < -0.3 is 11.1 Å². The Morgan fingerprint density at radius 3 is 2.85 bits per heavy atom. The Morgan fingerprint density at radius 1 is 1.54 bits per heavy atom. The van der Waals surface area contributed by atoms with Crippen molar-refractivity contribution < 1.29 is 0 Å². The zero-order chi connectivity index (χ0) is 9.84. The van der Waals surface area contributed by atoms with Gasteiger partial charge in [-0.05, 0) is 24.6 Å². The van der Waals surface area contributed by atoms with E-state index in [1.165, 1.54) is 5.56 Å². The summed E-state index contributed by atoms with van der Waals surface area (Å²) >= 11 is 1.55. The molecule has 0 aromatic heterocycles. The summed E-state index contributed by atoms with van der Waals surface area (Å²) in [5.74, 6) is 0. The molecule has 0 fully saturated rings. The van der Waals surface area contributed by atoms with E-state index >= 15 is 0 Å². The number of aryl methyl sites for hydroxylation is 1. The molecule has 0 saturated heterocycles. The normalized spacial score (nSPS) is 9.69. The molecule has 13 heavy (non-hydrogen) atoms. The zero-order valence-corrected chi connectivity index (χ0v) is 8.74. The summed E-state index contributed by atoms with van der Waals surface area (Å²) in [6, 6.07) is 5.98. The van der Waals surface area contributed by atoms with Gasteiger partial charge >= 0.3 is 0 Å². The number of nitrogen functional groups attached to an aromatic ring is 1. The molecule has 2 nitrogen and oxygen atoms in total. The van der Waals surface area contributed by atoms with Gasteiger partial charge in [-0.2, -0.15) is 0 Å². The summed E-state index contributed by atoms with van der Waals surface area (Å²) in [7, 11) is 1.85. The minimum absolute atomic E-state index is 0.798. The van der Waals surface area contributed by atoms with E-state index in [1.54, 1.807) is 11.8 Å². The molecular formula is C10H14N2S. The number of nitrogens with one attached hydrogen (secondary N) is 1. The van der Waals surface area contributed by atoms with Crippen LogP contribution in [0.15, 0.2) is 34.7 Å². The fraction of sp³-hybridized carbons (Fsp3) is 0.200. The Bertz CT molecular complexity index is 321. The van der Waals surface area contributed by atoms with Crippen molar-refractivity contribution in [2.75, 3.05) is 12.8 Å². The molecule has 0 spiro atoms. The summed E-state index contributed by atoms with van der Waals surface area (Å²) in [5.41, 5.74) is 7.81. The lowest BCUT2D eigenvalue weighted by molar-refractivity contribution is 1.08. The van der Waals surface area contributed by atoms with Crippen molar-refractivity contribution >= 4 is 17.4 Å². The first kappa shape index (κ1) is 9.99. The van der Waals surface area contributed by atoms with Gasteiger partial charge in [0.1, 0.15) is 0 Å². The van der Waals surface area contributed by atoms with Crippen LogP contribution in [0, 0.1) is 6.92 Å². The van der Waals surface area contributed by atoms with Crippen LogP contribution in [0.1, 0.15) is 5.56 Å². The van der Waals surface area contributed by atoms with Crippen molar-refractivity contribution in [3.8, 4) is 0 Å².